The molecule has 1 aliphatic heterocycles. The normalized spacial score (nSPS) is 18.8. The molecule has 3 heterocycles. The molecule has 2 aromatic rings. The molecule has 1 amide bonds. The largest absolute Gasteiger partial charge is 0.388 e. The van der Waals surface area contributed by atoms with Gasteiger partial charge < -0.3 is 10.0 Å². The molecule has 0 bridgehead atoms. The van der Waals surface area contributed by atoms with Crippen molar-refractivity contribution >= 4 is 16.9 Å². The van der Waals surface area contributed by atoms with Crippen LogP contribution in [0.2, 0.25) is 0 Å². The lowest BCUT2D eigenvalue weighted by Gasteiger charge is -2.34. The van der Waals surface area contributed by atoms with E-state index in [9.17, 15) is 9.90 Å². The second-order valence-electron chi connectivity index (χ2n) is 7.54. The van der Waals surface area contributed by atoms with Crippen LogP contribution in [0.3, 0.4) is 0 Å². The van der Waals surface area contributed by atoms with Crippen molar-refractivity contribution in [3.8, 4) is 0 Å². The maximum Gasteiger partial charge on any atom is 0.255 e. The zero-order valence-electron chi connectivity index (χ0n) is 15.1. The van der Waals surface area contributed by atoms with Crippen LogP contribution in [0.5, 0.6) is 0 Å². The number of amides is 1. The van der Waals surface area contributed by atoms with Crippen LogP contribution < -0.4 is 0 Å². The zero-order valence-corrected chi connectivity index (χ0v) is 15.1. The average Bonchev–Trinajstić information content (AvgIpc) is 3.11. The van der Waals surface area contributed by atoms with Crippen molar-refractivity contribution in [2.24, 2.45) is 0 Å². The molecule has 0 saturated carbocycles. The number of aryl methyl sites for hydroxylation is 1. The topological polar surface area (TPSA) is 71.2 Å². The van der Waals surface area contributed by atoms with E-state index in [1.54, 1.807) is 24.9 Å². The molecule has 1 fully saturated rings. The van der Waals surface area contributed by atoms with E-state index >= 15 is 0 Å². The molecular formula is C18H26N4O2. The fourth-order valence-electron chi connectivity index (χ4n) is 3.60. The number of aliphatic hydroxyl groups is 1. The van der Waals surface area contributed by atoms with E-state index in [0.717, 1.165) is 29.6 Å². The monoisotopic (exact) mass is 330 g/mol. The van der Waals surface area contributed by atoms with Crippen LogP contribution in [0.15, 0.2) is 12.3 Å². The second kappa shape index (κ2) is 5.84. The highest BCUT2D eigenvalue weighted by Crippen LogP contribution is 2.30. The molecule has 0 aliphatic carbocycles. The Morgan fingerprint density at radius 1 is 1.42 bits per heavy atom. The standard InChI is InChI=1S/C18H26N4O2/c1-11(2)22-16-14(10-19-22)13(9-12(3)20-16)17(23)21-8-6-7-15(21)18(4,5)24/h9-11,15,24H,6-8H2,1-5H3. The van der Waals surface area contributed by atoms with Gasteiger partial charge >= 0.3 is 0 Å². The third-order valence-corrected chi connectivity index (χ3v) is 4.74. The minimum atomic E-state index is -0.907. The lowest BCUT2D eigenvalue weighted by atomic mass is 9.96. The smallest absolute Gasteiger partial charge is 0.255 e. The number of likely N-dealkylation sites (tertiary alicyclic amines) is 1. The predicted octanol–water partition coefficient (Wildman–Crippen LogP) is 2.70. The molecule has 1 N–H and O–H groups in total. The number of hydrogen-bond donors (Lipinski definition) is 1. The van der Waals surface area contributed by atoms with E-state index in [1.807, 2.05) is 31.5 Å². The molecule has 24 heavy (non-hydrogen) atoms. The van der Waals surface area contributed by atoms with Crippen LogP contribution in [0, 0.1) is 6.92 Å². The molecule has 0 aromatic carbocycles. The molecule has 0 radical (unpaired) electrons. The molecule has 0 spiro atoms. The molecular weight excluding hydrogens is 304 g/mol. The minimum absolute atomic E-state index is 0.0431. The second-order valence-corrected chi connectivity index (χ2v) is 7.54. The van der Waals surface area contributed by atoms with Crippen molar-refractivity contribution < 1.29 is 9.90 Å². The molecule has 6 heteroatoms. The Hall–Kier alpha value is -1.95. The highest BCUT2D eigenvalue weighted by molar-refractivity contribution is 6.05. The van der Waals surface area contributed by atoms with Gasteiger partial charge in [-0.25, -0.2) is 9.67 Å². The summed E-state index contributed by atoms with van der Waals surface area (Å²) < 4.78 is 1.84. The maximum atomic E-state index is 13.2. The van der Waals surface area contributed by atoms with Gasteiger partial charge in [-0.15, -0.1) is 0 Å². The van der Waals surface area contributed by atoms with E-state index in [4.69, 9.17) is 0 Å². The molecule has 2 aromatic heterocycles. The van der Waals surface area contributed by atoms with E-state index < -0.39 is 5.60 Å². The van der Waals surface area contributed by atoms with Crippen molar-refractivity contribution in [3.63, 3.8) is 0 Å². The minimum Gasteiger partial charge on any atom is -0.388 e. The van der Waals surface area contributed by atoms with E-state index in [-0.39, 0.29) is 18.0 Å². The van der Waals surface area contributed by atoms with Gasteiger partial charge in [-0.3, -0.25) is 4.79 Å². The van der Waals surface area contributed by atoms with Gasteiger partial charge in [0.15, 0.2) is 5.65 Å². The molecule has 130 valence electrons. The number of fused-ring (bicyclic) bond motifs is 1. The van der Waals surface area contributed by atoms with Crippen molar-refractivity contribution in [1.82, 2.24) is 19.7 Å². The lowest BCUT2D eigenvalue weighted by molar-refractivity contribution is 0.000405. The van der Waals surface area contributed by atoms with Gasteiger partial charge in [0.05, 0.1) is 28.8 Å². The number of carbonyl (C=O) groups excluding carboxylic acids is 1. The van der Waals surface area contributed by atoms with Gasteiger partial charge in [-0.05, 0) is 53.5 Å². The molecule has 1 unspecified atom stereocenters. The first-order valence-electron chi connectivity index (χ1n) is 8.58. The highest BCUT2D eigenvalue weighted by atomic mass is 16.3. The van der Waals surface area contributed by atoms with Gasteiger partial charge in [0.2, 0.25) is 0 Å². The summed E-state index contributed by atoms with van der Waals surface area (Å²) in [6, 6.07) is 1.85. The molecule has 1 aliphatic rings. The summed E-state index contributed by atoms with van der Waals surface area (Å²) in [7, 11) is 0. The quantitative estimate of drug-likeness (QED) is 0.939. The number of rotatable bonds is 3. The van der Waals surface area contributed by atoms with Crippen LogP contribution in [0.1, 0.15) is 62.6 Å². The summed E-state index contributed by atoms with van der Waals surface area (Å²) in [5.74, 6) is -0.0431. The van der Waals surface area contributed by atoms with Gasteiger partial charge in [0.1, 0.15) is 0 Å². The van der Waals surface area contributed by atoms with Crippen molar-refractivity contribution in [2.75, 3.05) is 6.54 Å². The Labute approximate surface area is 142 Å². The Morgan fingerprint density at radius 2 is 2.12 bits per heavy atom. The summed E-state index contributed by atoms with van der Waals surface area (Å²) in [4.78, 5) is 19.6. The molecule has 1 atom stereocenters. The number of carbonyl (C=O) groups is 1. The third kappa shape index (κ3) is 2.79. The van der Waals surface area contributed by atoms with Crippen molar-refractivity contribution in [3.05, 3.63) is 23.5 Å². The first kappa shape index (κ1) is 16.9. The lowest BCUT2D eigenvalue weighted by Crippen LogP contribution is -2.48. The molecule has 6 nitrogen and oxygen atoms in total. The van der Waals surface area contributed by atoms with E-state index in [1.165, 1.54) is 0 Å². The highest BCUT2D eigenvalue weighted by Gasteiger charge is 2.39. The van der Waals surface area contributed by atoms with Gasteiger partial charge in [-0.1, -0.05) is 0 Å². The first-order valence-corrected chi connectivity index (χ1v) is 8.58. The Morgan fingerprint density at radius 3 is 2.75 bits per heavy atom. The summed E-state index contributed by atoms with van der Waals surface area (Å²) in [6.07, 6.45) is 3.47. The number of pyridine rings is 1. The van der Waals surface area contributed by atoms with Crippen molar-refractivity contribution in [1.29, 1.82) is 0 Å². The summed E-state index contributed by atoms with van der Waals surface area (Å²) in [5, 5.41) is 15.6. The number of aromatic nitrogens is 3. The Kier molecular flexibility index (Phi) is 4.11. The maximum absolute atomic E-state index is 13.2. The van der Waals surface area contributed by atoms with E-state index in [0.29, 0.717) is 12.1 Å². The first-order chi connectivity index (χ1) is 11.2. The van der Waals surface area contributed by atoms with Crippen LogP contribution in [0.25, 0.3) is 11.0 Å². The summed E-state index contributed by atoms with van der Waals surface area (Å²) in [5.41, 5.74) is 1.26. The van der Waals surface area contributed by atoms with Gasteiger partial charge in [0.25, 0.3) is 5.91 Å². The fraction of sp³-hybridized carbons (Fsp3) is 0.611. The fourth-order valence-corrected chi connectivity index (χ4v) is 3.60. The molecule has 3 rings (SSSR count). The van der Waals surface area contributed by atoms with Gasteiger partial charge in [0, 0.05) is 18.3 Å². The van der Waals surface area contributed by atoms with Crippen LogP contribution in [0.4, 0.5) is 0 Å². The SMILES string of the molecule is Cc1cc(C(=O)N2CCCC2C(C)(C)O)c2cnn(C(C)C)c2n1. The van der Waals surface area contributed by atoms with Crippen molar-refractivity contribution in [2.45, 2.75) is 65.1 Å². The Balaban J connectivity index is 2.07. The van der Waals surface area contributed by atoms with Crippen LogP contribution >= 0.6 is 0 Å². The van der Waals surface area contributed by atoms with E-state index in [2.05, 4.69) is 10.1 Å². The summed E-state index contributed by atoms with van der Waals surface area (Å²) in [6.45, 7) is 10.2. The molecule has 1 saturated heterocycles. The van der Waals surface area contributed by atoms with Crippen LogP contribution in [-0.2, 0) is 0 Å². The third-order valence-electron chi connectivity index (χ3n) is 4.74. The number of hydrogen-bond acceptors (Lipinski definition) is 4. The van der Waals surface area contributed by atoms with Crippen LogP contribution in [-0.4, -0.2) is 48.9 Å². The average molecular weight is 330 g/mol. The Bertz CT molecular complexity index is 773. The predicted molar refractivity (Wildman–Crippen MR) is 93.0 cm³/mol. The van der Waals surface area contributed by atoms with Gasteiger partial charge in [-0.2, -0.15) is 5.10 Å². The number of nitrogens with zero attached hydrogens (tertiary/aromatic N) is 4. The zero-order chi connectivity index (χ0) is 17.6. The summed E-state index contributed by atoms with van der Waals surface area (Å²) >= 11 is 0.